The van der Waals surface area contributed by atoms with Crippen LogP contribution in [0.4, 0.5) is 11.4 Å². The predicted molar refractivity (Wildman–Crippen MR) is 88.5 cm³/mol. The van der Waals surface area contributed by atoms with Crippen LogP contribution in [-0.4, -0.2) is 19.5 Å². The van der Waals surface area contributed by atoms with Crippen LogP contribution in [0.2, 0.25) is 0 Å². The van der Waals surface area contributed by atoms with E-state index < -0.39 is 0 Å². The maximum absolute atomic E-state index is 11.5. The lowest BCUT2D eigenvalue weighted by atomic mass is 9.81. The summed E-state index contributed by atoms with van der Waals surface area (Å²) in [4.78, 5) is 11.5. The fourth-order valence-electron chi connectivity index (χ4n) is 3.24. The molecule has 1 fully saturated rings. The van der Waals surface area contributed by atoms with Crippen LogP contribution in [0.25, 0.3) is 0 Å². The van der Waals surface area contributed by atoms with Crippen LogP contribution < -0.4 is 16.4 Å². The zero-order valence-corrected chi connectivity index (χ0v) is 13.1. The first kappa shape index (κ1) is 15.7. The second kappa shape index (κ2) is 7.34. The second-order valence-corrected chi connectivity index (χ2v) is 6.23. The van der Waals surface area contributed by atoms with Crippen LogP contribution in [0.1, 0.15) is 49.4 Å². The molecule has 0 spiro atoms. The third-order valence-electron chi connectivity index (χ3n) is 4.45. The molecule has 0 aromatic heterocycles. The summed E-state index contributed by atoms with van der Waals surface area (Å²) in [6.45, 7) is 3.30. The summed E-state index contributed by atoms with van der Waals surface area (Å²) in [5, 5.41) is 6.01. The van der Waals surface area contributed by atoms with Crippen LogP contribution in [0.15, 0.2) is 18.2 Å². The molecule has 1 aromatic carbocycles. The summed E-state index contributed by atoms with van der Waals surface area (Å²) in [6, 6.07) is 5.42. The van der Waals surface area contributed by atoms with E-state index in [1.807, 2.05) is 6.07 Å². The number of hydrogen-bond acceptors (Lipinski definition) is 3. The van der Waals surface area contributed by atoms with Crippen molar-refractivity contribution in [3.05, 3.63) is 23.8 Å². The van der Waals surface area contributed by atoms with Gasteiger partial charge in [-0.1, -0.05) is 26.2 Å². The number of benzene rings is 1. The fraction of sp³-hybridized carbons (Fsp3) is 0.588. The van der Waals surface area contributed by atoms with Crippen molar-refractivity contribution in [2.75, 3.05) is 24.6 Å². The second-order valence-electron chi connectivity index (χ2n) is 6.23. The first-order chi connectivity index (χ1) is 10.1. The molecule has 2 unspecified atom stereocenters. The number of carbonyl (C=O) groups excluding carboxylic acids is 1. The normalized spacial score (nSPS) is 21.8. The summed E-state index contributed by atoms with van der Waals surface area (Å²) in [5.74, 6) is 1.61. The minimum Gasteiger partial charge on any atom is -0.397 e. The van der Waals surface area contributed by atoms with Gasteiger partial charge in [0, 0.05) is 19.2 Å². The molecule has 1 aliphatic carbocycles. The first-order valence-electron chi connectivity index (χ1n) is 7.95. The lowest BCUT2D eigenvalue weighted by molar-refractivity contribution is 0.0963. The van der Waals surface area contributed by atoms with Crippen molar-refractivity contribution in [3.63, 3.8) is 0 Å². The predicted octanol–water partition coefficient (Wildman–Crippen LogP) is 3.26. The van der Waals surface area contributed by atoms with Crippen molar-refractivity contribution in [1.29, 1.82) is 0 Å². The number of nitrogens with one attached hydrogen (secondary N) is 2. The van der Waals surface area contributed by atoms with E-state index in [0.717, 1.165) is 24.1 Å². The molecule has 2 rings (SSSR count). The number of carbonyl (C=O) groups is 1. The molecule has 0 saturated heterocycles. The fourth-order valence-corrected chi connectivity index (χ4v) is 3.24. The highest BCUT2D eigenvalue weighted by atomic mass is 16.1. The first-order valence-corrected chi connectivity index (χ1v) is 7.95. The maximum Gasteiger partial charge on any atom is 0.251 e. The van der Waals surface area contributed by atoms with Crippen molar-refractivity contribution < 1.29 is 4.79 Å². The topological polar surface area (TPSA) is 67.2 Å². The minimum absolute atomic E-state index is 0.107. The van der Waals surface area contributed by atoms with Crippen molar-refractivity contribution in [2.45, 2.75) is 39.0 Å². The van der Waals surface area contributed by atoms with E-state index in [-0.39, 0.29) is 5.91 Å². The number of hydrogen-bond donors (Lipinski definition) is 3. The van der Waals surface area contributed by atoms with Crippen LogP contribution >= 0.6 is 0 Å². The molecule has 0 heterocycles. The summed E-state index contributed by atoms with van der Waals surface area (Å²) in [6.07, 6.45) is 6.66. The summed E-state index contributed by atoms with van der Waals surface area (Å²) < 4.78 is 0. The highest BCUT2D eigenvalue weighted by molar-refractivity contribution is 5.95. The van der Waals surface area contributed by atoms with E-state index in [1.165, 1.54) is 32.1 Å². The van der Waals surface area contributed by atoms with E-state index >= 15 is 0 Å². The molecule has 116 valence electrons. The summed E-state index contributed by atoms with van der Waals surface area (Å²) in [7, 11) is 1.62. The van der Waals surface area contributed by atoms with Crippen LogP contribution in [0.3, 0.4) is 0 Å². The minimum atomic E-state index is -0.107. The van der Waals surface area contributed by atoms with Gasteiger partial charge in [-0.3, -0.25) is 4.79 Å². The van der Waals surface area contributed by atoms with Gasteiger partial charge in [0.15, 0.2) is 0 Å². The molecule has 0 aliphatic heterocycles. The van der Waals surface area contributed by atoms with E-state index in [4.69, 9.17) is 5.73 Å². The largest absolute Gasteiger partial charge is 0.397 e. The number of nitrogen functional groups attached to an aromatic ring is 1. The Hall–Kier alpha value is -1.71. The van der Waals surface area contributed by atoms with Crippen LogP contribution in [0, 0.1) is 11.8 Å². The van der Waals surface area contributed by atoms with Gasteiger partial charge in [0.25, 0.3) is 5.91 Å². The van der Waals surface area contributed by atoms with Gasteiger partial charge in [-0.15, -0.1) is 0 Å². The van der Waals surface area contributed by atoms with Crippen molar-refractivity contribution in [1.82, 2.24) is 5.32 Å². The van der Waals surface area contributed by atoms with Gasteiger partial charge < -0.3 is 16.4 Å². The molecule has 1 aliphatic rings. The number of amides is 1. The Morgan fingerprint density at radius 1 is 1.38 bits per heavy atom. The summed E-state index contributed by atoms with van der Waals surface area (Å²) >= 11 is 0. The van der Waals surface area contributed by atoms with Crippen molar-refractivity contribution in [2.24, 2.45) is 11.8 Å². The van der Waals surface area contributed by atoms with E-state index in [1.54, 1.807) is 19.2 Å². The molecule has 1 aromatic rings. The van der Waals surface area contributed by atoms with Gasteiger partial charge >= 0.3 is 0 Å². The molecule has 4 N–H and O–H groups in total. The smallest absolute Gasteiger partial charge is 0.251 e. The SMILES string of the molecule is CNC(=O)c1ccc(NCCC2CCCC(C)C2)c(N)c1. The number of rotatable bonds is 5. The monoisotopic (exact) mass is 289 g/mol. The van der Waals surface area contributed by atoms with Crippen molar-refractivity contribution in [3.8, 4) is 0 Å². The zero-order valence-electron chi connectivity index (χ0n) is 13.1. The number of anilines is 2. The van der Waals surface area contributed by atoms with Gasteiger partial charge in [0.05, 0.1) is 11.4 Å². The molecule has 2 atom stereocenters. The molecule has 4 heteroatoms. The van der Waals surface area contributed by atoms with E-state index in [9.17, 15) is 4.79 Å². The standard InChI is InChI=1S/C17H27N3O/c1-12-4-3-5-13(10-12)8-9-20-16-7-6-14(11-15(16)18)17(21)19-2/h6-7,11-13,20H,3-5,8-10,18H2,1-2H3,(H,19,21). The van der Waals surface area contributed by atoms with Crippen LogP contribution in [-0.2, 0) is 0 Å². The molecule has 0 radical (unpaired) electrons. The molecule has 1 amide bonds. The van der Waals surface area contributed by atoms with Gasteiger partial charge in [-0.25, -0.2) is 0 Å². The molecular weight excluding hydrogens is 262 g/mol. The zero-order chi connectivity index (χ0) is 15.2. The van der Waals surface area contributed by atoms with E-state index in [2.05, 4.69) is 17.6 Å². The molecule has 1 saturated carbocycles. The quantitative estimate of drug-likeness (QED) is 0.729. The lowest BCUT2D eigenvalue weighted by Crippen LogP contribution is -2.18. The Bertz CT molecular complexity index is 487. The average molecular weight is 289 g/mol. The van der Waals surface area contributed by atoms with E-state index in [0.29, 0.717) is 11.3 Å². The number of nitrogens with two attached hydrogens (primary N) is 1. The average Bonchev–Trinajstić information content (AvgIpc) is 2.48. The third-order valence-corrected chi connectivity index (χ3v) is 4.45. The van der Waals surface area contributed by atoms with Crippen LogP contribution in [0.5, 0.6) is 0 Å². The Balaban J connectivity index is 1.84. The van der Waals surface area contributed by atoms with Gasteiger partial charge in [-0.2, -0.15) is 0 Å². The molecule has 4 nitrogen and oxygen atoms in total. The third kappa shape index (κ3) is 4.38. The van der Waals surface area contributed by atoms with Crippen molar-refractivity contribution >= 4 is 17.3 Å². The highest BCUT2D eigenvalue weighted by Gasteiger charge is 2.18. The summed E-state index contributed by atoms with van der Waals surface area (Å²) in [5.41, 5.74) is 8.17. The molecule has 0 bridgehead atoms. The Morgan fingerprint density at radius 2 is 2.19 bits per heavy atom. The molecule has 21 heavy (non-hydrogen) atoms. The highest BCUT2D eigenvalue weighted by Crippen LogP contribution is 2.30. The Labute approximate surface area is 127 Å². The Kier molecular flexibility index (Phi) is 5.48. The van der Waals surface area contributed by atoms with Gasteiger partial charge in [-0.05, 0) is 42.9 Å². The van der Waals surface area contributed by atoms with Gasteiger partial charge in [0.2, 0.25) is 0 Å². The maximum atomic E-state index is 11.5. The lowest BCUT2D eigenvalue weighted by Gasteiger charge is -2.26. The Morgan fingerprint density at radius 3 is 2.86 bits per heavy atom. The molecular formula is C17H27N3O. The van der Waals surface area contributed by atoms with Gasteiger partial charge in [0.1, 0.15) is 0 Å².